The number of benzene rings is 1. The maximum Gasteiger partial charge on any atom is 0.316 e. The van der Waals surface area contributed by atoms with Crippen molar-refractivity contribution in [2.75, 3.05) is 12.8 Å². The topological polar surface area (TPSA) is 38.3 Å². The Morgan fingerprint density at radius 3 is 2.76 bits per heavy atom. The average molecular weight is 307 g/mol. The van der Waals surface area contributed by atoms with E-state index in [2.05, 4.69) is 29.6 Å². The van der Waals surface area contributed by atoms with E-state index in [0.29, 0.717) is 17.0 Å². The van der Waals surface area contributed by atoms with E-state index in [1.54, 1.807) is 11.8 Å². The quantitative estimate of drug-likeness (QED) is 0.866. The number of carbonyl (C=O) groups excluding carboxylic acids is 1. The lowest BCUT2D eigenvalue weighted by Crippen LogP contribution is -2.33. The SMILES string of the molecule is CNC1c2ccccc2CCC1SCC(=O)OC(C)(C)C. The van der Waals surface area contributed by atoms with Crippen LogP contribution in [0, 0.1) is 0 Å². The highest BCUT2D eigenvalue weighted by Crippen LogP contribution is 2.36. The molecule has 1 aliphatic rings. The van der Waals surface area contributed by atoms with Crippen LogP contribution in [0.1, 0.15) is 44.4 Å². The first-order valence-corrected chi connectivity index (χ1v) is 8.54. The van der Waals surface area contributed by atoms with Gasteiger partial charge in [-0.2, -0.15) is 0 Å². The van der Waals surface area contributed by atoms with Gasteiger partial charge in [0.1, 0.15) is 5.60 Å². The molecule has 1 aromatic carbocycles. The number of hydrogen-bond donors (Lipinski definition) is 1. The smallest absolute Gasteiger partial charge is 0.316 e. The van der Waals surface area contributed by atoms with Crippen LogP contribution in [0.25, 0.3) is 0 Å². The molecule has 2 unspecified atom stereocenters. The van der Waals surface area contributed by atoms with Gasteiger partial charge in [0.15, 0.2) is 0 Å². The number of aryl methyl sites for hydroxylation is 1. The van der Waals surface area contributed by atoms with Gasteiger partial charge in [-0.05, 0) is 51.8 Å². The van der Waals surface area contributed by atoms with Crippen LogP contribution >= 0.6 is 11.8 Å². The molecule has 0 fully saturated rings. The van der Waals surface area contributed by atoms with E-state index in [-0.39, 0.29) is 5.97 Å². The lowest BCUT2D eigenvalue weighted by atomic mass is 9.87. The molecular weight excluding hydrogens is 282 g/mol. The molecule has 0 spiro atoms. The first-order valence-electron chi connectivity index (χ1n) is 7.49. The van der Waals surface area contributed by atoms with E-state index in [4.69, 9.17) is 4.74 Å². The van der Waals surface area contributed by atoms with E-state index in [1.807, 2.05) is 27.8 Å². The number of hydrogen-bond acceptors (Lipinski definition) is 4. The molecule has 4 heteroatoms. The molecular formula is C17H25NO2S. The van der Waals surface area contributed by atoms with Gasteiger partial charge in [0.05, 0.1) is 5.75 Å². The van der Waals surface area contributed by atoms with E-state index in [9.17, 15) is 4.79 Å². The summed E-state index contributed by atoms with van der Waals surface area (Å²) in [5, 5.41) is 3.82. The Morgan fingerprint density at radius 2 is 2.10 bits per heavy atom. The number of carbonyl (C=O) groups is 1. The minimum absolute atomic E-state index is 0.124. The lowest BCUT2D eigenvalue weighted by Gasteiger charge is -2.33. The molecule has 0 saturated heterocycles. The summed E-state index contributed by atoms with van der Waals surface area (Å²) in [5.41, 5.74) is 2.39. The Labute approximate surface area is 131 Å². The minimum Gasteiger partial charge on any atom is -0.459 e. The van der Waals surface area contributed by atoms with Gasteiger partial charge in [-0.1, -0.05) is 24.3 Å². The molecule has 1 aliphatic carbocycles. The van der Waals surface area contributed by atoms with Crippen LogP contribution in [0.4, 0.5) is 0 Å². The van der Waals surface area contributed by atoms with Crippen LogP contribution in [0.5, 0.6) is 0 Å². The molecule has 21 heavy (non-hydrogen) atoms. The molecule has 2 rings (SSSR count). The third-order valence-electron chi connectivity index (χ3n) is 3.61. The molecule has 0 aliphatic heterocycles. The fourth-order valence-corrected chi connectivity index (χ4v) is 3.97. The van der Waals surface area contributed by atoms with Gasteiger partial charge < -0.3 is 10.1 Å². The number of esters is 1. The molecule has 0 amide bonds. The molecule has 0 heterocycles. The molecule has 0 aromatic heterocycles. The van der Waals surface area contributed by atoms with Gasteiger partial charge in [-0.15, -0.1) is 11.8 Å². The Bertz CT molecular complexity index is 496. The fraction of sp³-hybridized carbons (Fsp3) is 0.588. The maximum absolute atomic E-state index is 11.9. The van der Waals surface area contributed by atoms with Crippen LogP contribution in [0.3, 0.4) is 0 Å². The normalized spacial score (nSPS) is 21.7. The summed E-state index contributed by atoms with van der Waals surface area (Å²) in [7, 11) is 1.99. The van der Waals surface area contributed by atoms with Crippen molar-refractivity contribution in [3.63, 3.8) is 0 Å². The molecule has 116 valence electrons. The van der Waals surface area contributed by atoms with Crippen LogP contribution in [-0.4, -0.2) is 29.6 Å². The molecule has 1 N–H and O–H groups in total. The summed E-state index contributed by atoms with van der Waals surface area (Å²) < 4.78 is 5.39. The summed E-state index contributed by atoms with van der Waals surface area (Å²) in [6.45, 7) is 5.72. The van der Waals surface area contributed by atoms with Crippen molar-refractivity contribution in [2.24, 2.45) is 0 Å². The zero-order chi connectivity index (χ0) is 15.5. The average Bonchev–Trinajstić information content (AvgIpc) is 2.42. The molecule has 0 saturated carbocycles. The first kappa shape index (κ1) is 16.4. The maximum atomic E-state index is 11.9. The summed E-state index contributed by atoms with van der Waals surface area (Å²) in [5.74, 6) is 0.295. The number of fused-ring (bicyclic) bond motifs is 1. The van der Waals surface area contributed by atoms with Gasteiger partial charge in [-0.3, -0.25) is 4.79 Å². The van der Waals surface area contributed by atoms with Crippen LogP contribution < -0.4 is 5.32 Å². The highest BCUT2D eigenvalue weighted by molar-refractivity contribution is 8.00. The molecule has 0 radical (unpaired) electrons. The van der Waals surface area contributed by atoms with Crippen LogP contribution in [-0.2, 0) is 16.0 Å². The predicted molar refractivity (Wildman–Crippen MR) is 88.7 cm³/mol. The Kier molecular flexibility index (Phi) is 5.33. The highest BCUT2D eigenvalue weighted by atomic mass is 32.2. The second-order valence-corrected chi connectivity index (χ2v) is 7.67. The Balaban J connectivity index is 1.97. The van der Waals surface area contributed by atoms with Crippen molar-refractivity contribution >= 4 is 17.7 Å². The molecule has 3 nitrogen and oxygen atoms in total. The summed E-state index contributed by atoms with van der Waals surface area (Å²) in [4.78, 5) is 11.9. The molecule has 2 atom stereocenters. The number of rotatable bonds is 4. The zero-order valence-corrected chi connectivity index (χ0v) is 14.1. The third kappa shape index (κ3) is 4.48. The van der Waals surface area contributed by atoms with Crippen molar-refractivity contribution in [3.8, 4) is 0 Å². The summed E-state index contributed by atoms with van der Waals surface area (Å²) >= 11 is 1.71. The van der Waals surface area contributed by atoms with Crippen molar-refractivity contribution in [1.82, 2.24) is 5.32 Å². The van der Waals surface area contributed by atoms with Gasteiger partial charge in [-0.25, -0.2) is 0 Å². The van der Waals surface area contributed by atoms with E-state index in [0.717, 1.165) is 12.8 Å². The first-order chi connectivity index (χ1) is 9.90. The van der Waals surface area contributed by atoms with E-state index < -0.39 is 5.60 Å². The highest BCUT2D eigenvalue weighted by Gasteiger charge is 2.29. The van der Waals surface area contributed by atoms with Crippen molar-refractivity contribution in [1.29, 1.82) is 0 Å². The third-order valence-corrected chi connectivity index (χ3v) is 4.94. The van der Waals surface area contributed by atoms with E-state index >= 15 is 0 Å². The predicted octanol–water partition coefficient (Wildman–Crippen LogP) is 3.34. The molecule has 1 aromatic rings. The largest absolute Gasteiger partial charge is 0.459 e. The van der Waals surface area contributed by atoms with Crippen molar-refractivity contribution in [3.05, 3.63) is 35.4 Å². The van der Waals surface area contributed by atoms with Gasteiger partial charge in [0, 0.05) is 11.3 Å². The standard InChI is InChI=1S/C17H25NO2S/c1-17(2,3)20-15(19)11-21-14-10-9-12-7-5-6-8-13(12)16(14)18-4/h5-8,14,16,18H,9-11H2,1-4H3. The number of nitrogens with one attached hydrogen (secondary N) is 1. The summed E-state index contributed by atoms with van der Waals surface area (Å²) in [6.07, 6.45) is 2.18. The van der Waals surface area contributed by atoms with Crippen LogP contribution in [0.2, 0.25) is 0 Å². The zero-order valence-electron chi connectivity index (χ0n) is 13.3. The summed E-state index contributed by atoms with van der Waals surface area (Å²) in [6, 6.07) is 8.89. The molecule has 0 bridgehead atoms. The number of ether oxygens (including phenoxy) is 1. The number of thioether (sulfide) groups is 1. The second-order valence-electron chi connectivity index (χ2n) is 6.44. The van der Waals surface area contributed by atoms with Gasteiger partial charge in [0.2, 0.25) is 0 Å². The van der Waals surface area contributed by atoms with Gasteiger partial charge >= 0.3 is 5.97 Å². The minimum atomic E-state index is -0.404. The Morgan fingerprint density at radius 1 is 1.38 bits per heavy atom. The lowest BCUT2D eigenvalue weighted by molar-refractivity contribution is -0.151. The van der Waals surface area contributed by atoms with E-state index in [1.165, 1.54) is 11.1 Å². The van der Waals surface area contributed by atoms with Crippen molar-refractivity contribution in [2.45, 2.75) is 50.5 Å². The monoisotopic (exact) mass is 307 g/mol. The van der Waals surface area contributed by atoms with Crippen LogP contribution in [0.15, 0.2) is 24.3 Å². The van der Waals surface area contributed by atoms with Crippen molar-refractivity contribution < 1.29 is 9.53 Å². The fourth-order valence-electron chi connectivity index (χ4n) is 2.80. The van der Waals surface area contributed by atoms with Gasteiger partial charge in [0.25, 0.3) is 0 Å². The second kappa shape index (κ2) is 6.84. The Hall–Kier alpha value is -1.00.